The number of nitrogen functional groups attached to an aromatic ring is 1. The van der Waals surface area contributed by atoms with Crippen LogP contribution in [0, 0.1) is 19.7 Å². The molecule has 0 saturated heterocycles. The average Bonchev–Trinajstić information content (AvgIpc) is 2.35. The van der Waals surface area contributed by atoms with Crippen LogP contribution in [0.25, 0.3) is 0 Å². The van der Waals surface area contributed by atoms with Crippen LogP contribution in [-0.4, -0.2) is 27.7 Å². The van der Waals surface area contributed by atoms with Crippen LogP contribution in [0.1, 0.15) is 30.4 Å². The molecule has 7 heteroatoms. The van der Waals surface area contributed by atoms with Crippen molar-refractivity contribution in [3.05, 3.63) is 23.0 Å². The van der Waals surface area contributed by atoms with E-state index in [4.69, 9.17) is 10.5 Å². The van der Waals surface area contributed by atoms with E-state index in [0.717, 1.165) is 25.3 Å². The van der Waals surface area contributed by atoms with E-state index in [1.807, 2.05) is 0 Å². The summed E-state index contributed by atoms with van der Waals surface area (Å²) in [5.74, 6) is -0.601. The maximum Gasteiger partial charge on any atom is 0.241 e. The predicted molar refractivity (Wildman–Crippen MR) is 79.1 cm³/mol. The largest absolute Gasteiger partial charge is 0.396 e. The van der Waals surface area contributed by atoms with Crippen LogP contribution in [0.4, 0.5) is 10.1 Å². The summed E-state index contributed by atoms with van der Waals surface area (Å²) in [4.78, 5) is 0.0481. The minimum absolute atomic E-state index is 0.0481. The molecule has 0 unspecified atom stereocenters. The van der Waals surface area contributed by atoms with Gasteiger partial charge in [0.05, 0.1) is 16.2 Å². The molecule has 0 bridgehead atoms. The number of hydrogen-bond acceptors (Lipinski definition) is 4. The number of benzene rings is 1. The molecule has 1 aromatic rings. The number of halogens is 1. The Hall–Kier alpha value is -1.18. The molecule has 3 N–H and O–H groups in total. The zero-order valence-corrected chi connectivity index (χ0v) is 13.3. The van der Waals surface area contributed by atoms with Crippen molar-refractivity contribution < 1.29 is 17.5 Å². The number of nitrogens with one attached hydrogen (secondary N) is 1. The Labute approximate surface area is 124 Å². The first kappa shape index (κ1) is 16.2. The molecule has 2 rings (SSSR count). The van der Waals surface area contributed by atoms with Gasteiger partial charge in [0.15, 0.2) is 0 Å². The van der Waals surface area contributed by atoms with Crippen LogP contribution in [0.5, 0.6) is 0 Å². The molecule has 0 amide bonds. The summed E-state index contributed by atoms with van der Waals surface area (Å²) in [6.45, 7) is 3.27. The SMILES string of the molecule is COC1(CNS(=O)(=O)c2c(C)cc(F)c(N)c2C)CCC1. The van der Waals surface area contributed by atoms with Crippen LogP contribution in [0.15, 0.2) is 11.0 Å². The predicted octanol–water partition coefficient (Wildman–Crippen LogP) is 1.87. The number of methoxy groups -OCH3 is 1. The monoisotopic (exact) mass is 316 g/mol. The first-order chi connectivity index (χ1) is 9.72. The van der Waals surface area contributed by atoms with Gasteiger partial charge >= 0.3 is 0 Å². The number of hydrogen-bond donors (Lipinski definition) is 2. The highest BCUT2D eigenvalue weighted by molar-refractivity contribution is 7.89. The summed E-state index contributed by atoms with van der Waals surface area (Å²) < 4.78 is 46.5. The Kier molecular flexibility index (Phi) is 4.28. The van der Waals surface area contributed by atoms with E-state index in [2.05, 4.69) is 4.72 Å². The molecule has 118 valence electrons. The fourth-order valence-electron chi connectivity index (χ4n) is 2.67. The molecule has 1 fully saturated rings. The molecular formula is C14H21FN2O3S. The first-order valence-corrected chi connectivity index (χ1v) is 8.31. The van der Waals surface area contributed by atoms with Crippen molar-refractivity contribution >= 4 is 15.7 Å². The second-order valence-corrected chi connectivity index (χ2v) is 7.31. The molecule has 21 heavy (non-hydrogen) atoms. The zero-order chi connectivity index (χ0) is 15.8. The van der Waals surface area contributed by atoms with E-state index >= 15 is 0 Å². The maximum absolute atomic E-state index is 13.5. The van der Waals surface area contributed by atoms with Gasteiger partial charge < -0.3 is 10.5 Å². The minimum atomic E-state index is -3.76. The van der Waals surface area contributed by atoms with Crippen molar-refractivity contribution in [2.45, 2.75) is 43.6 Å². The highest BCUT2D eigenvalue weighted by atomic mass is 32.2. The van der Waals surface area contributed by atoms with E-state index < -0.39 is 21.4 Å². The van der Waals surface area contributed by atoms with E-state index in [1.165, 1.54) is 6.92 Å². The standard InChI is InChI=1S/C14H21FN2O3S/c1-9-7-11(15)12(16)10(2)13(9)21(18,19)17-8-14(20-3)5-4-6-14/h7,17H,4-6,8,16H2,1-3H3. The lowest BCUT2D eigenvalue weighted by Gasteiger charge is -2.40. The summed E-state index contributed by atoms with van der Waals surface area (Å²) in [7, 11) is -2.17. The Morgan fingerprint density at radius 1 is 1.43 bits per heavy atom. The van der Waals surface area contributed by atoms with Gasteiger partial charge in [-0.1, -0.05) is 0 Å². The lowest BCUT2D eigenvalue weighted by Crippen LogP contribution is -2.49. The van der Waals surface area contributed by atoms with E-state index in [0.29, 0.717) is 5.56 Å². The van der Waals surface area contributed by atoms with Crippen LogP contribution in [-0.2, 0) is 14.8 Å². The number of anilines is 1. The lowest BCUT2D eigenvalue weighted by molar-refractivity contribution is -0.0659. The summed E-state index contributed by atoms with van der Waals surface area (Å²) in [5, 5.41) is 0. The van der Waals surface area contributed by atoms with Crippen LogP contribution in [0.2, 0.25) is 0 Å². The molecule has 1 aliphatic rings. The second-order valence-electron chi connectivity index (χ2n) is 5.61. The third-order valence-electron chi connectivity index (χ3n) is 4.25. The van der Waals surface area contributed by atoms with Gasteiger partial charge in [0, 0.05) is 13.7 Å². The molecule has 1 aromatic carbocycles. The Morgan fingerprint density at radius 3 is 2.52 bits per heavy atom. The van der Waals surface area contributed by atoms with E-state index in [-0.39, 0.29) is 22.7 Å². The van der Waals surface area contributed by atoms with Gasteiger partial charge in [-0.05, 0) is 50.3 Å². The minimum Gasteiger partial charge on any atom is -0.396 e. The van der Waals surface area contributed by atoms with Gasteiger partial charge in [0.25, 0.3) is 0 Å². The molecule has 0 atom stereocenters. The highest BCUT2D eigenvalue weighted by Gasteiger charge is 2.38. The summed E-state index contributed by atoms with van der Waals surface area (Å²) in [5.41, 5.74) is 5.63. The van der Waals surface area contributed by atoms with Gasteiger partial charge in [-0.15, -0.1) is 0 Å². The van der Waals surface area contributed by atoms with E-state index in [9.17, 15) is 12.8 Å². The Morgan fingerprint density at radius 2 is 2.05 bits per heavy atom. The smallest absolute Gasteiger partial charge is 0.241 e. The van der Waals surface area contributed by atoms with Gasteiger partial charge in [-0.3, -0.25) is 0 Å². The van der Waals surface area contributed by atoms with E-state index in [1.54, 1.807) is 14.0 Å². The van der Waals surface area contributed by atoms with Gasteiger partial charge in [-0.2, -0.15) is 0 Å². The van der Waals surface area contributed by atoms with Crippen molar-refractivity contribution in [3.8, 4) is 0 Å². The van der Waals surface area contributed by atoms with Crippen molar-refractivity contribution in [1.82, 2.24) is 4.72 Å². The number of rotatable bonds is 5. The topological polar surface area (TPSA) is 81.4 Å². The molecule has 1 aliphatic carbocycles. The maximum atomic E-state index is 13.5. The highest BCUT2D eigenvalue weighted by Crippen LogP contribution is 2.35. The summed E-state index contributed by atoms with van der Waals surface area (Å²) >= 11 is 0. The van der Waals surface area contributed by atoms with Crippen molar-refractivity contribution in [3.63, 3.8) is 0 Å². The molecule has 0 aliphatic heterocycles. The molecule has 5 nitrogen and oxygen atoms in total. The van der Waals surface area contributed by atoms with Gasteiger partial charge in [0.1, 0.15) is 5.82 Å². The average molecular weight is 316 g/mol. The Balaban J connectivity index is 2.30. The molecular weight excluding hydrogens is 295 g/mol. The zero-order valence-electron chi connectivity index (χ0n) is 12.5. The van der Waals surface area contributed by atoms with Gasteiger partial charge in [-0.25, -0.2) is 17.5 Å². The molecule has 1 saturated carbocycles. The third kappa shape index (κ3) is 2.90. The fraction of sp³-hybridized carbons (Fsp3) is 0.571. The number of nitrogens with two attached hydrogens (primary N) is 1. The summed E-state index contributed by atoms with van der Waals surface area (Å²) in [6.07, 6.45) is 2.68. The molecule has 0 heterocycles. The first-order valence-electron chi connectivity index (χ1n) is 6.82. The molecule has 0 aromatic heterocycles. The van der Waals surface area contributed by atoms with Crippen LogP contribution < -0.4 is 10.5 Å². The van der Waals surface area contributed by atoms with Crippen LogP contribution >= 0.6 is 0 Å². The van der Waals surface area contributed by atoms with Crippen LogP contribution in [0.3, 0.4) is 0 Å². The summed E-state index contributed by atoms with van der Waals surface area (Å²) in [6, 6.07) is 1.15. The number of sulfonamides is 1. The van der Waals surface area contributed by atoms with Crippen molar-refractivity contribution in [2.24, 2.45) is 0 Å². The van der Waals surface area contributed by atoms with Crippen molar-refractivity contribution in [2.75, 3.05) is 19.4 Å². The quantitative estimate of drug-likeness (QED) is 0.813. The normalized spacial score (nSPS) is 17.5. The molecule has 0 radical (unpaired) electrons. The number of aryl methyl sites for hydroxylation is 1. The Bertz CT molecular complexity index is 649. The lowest BCUT2D eigenvalue weighted by atomic mass is 9.80. The number of ether oxygens (including phenoxy) is 1. The second kappa shape index (κ2) is 5.55. The molecule has 0 spiro atoms. The third-order valence-corrected chi connectivity index (χ3v) is 5.94. The van der Waals surface area contributed by atoms with Gasteiger partial charge in [0.2, 0.25) is 10.0 Å². The van der Waals surface area contributed by atoms with Crippen molar-refractivity contribution in [1.29, 1.82) is 0 Å². The fourth-order valence-corrected chi connectivity index (χ4v) is 4.26.